The molecule has 2 aromatic rings. The molecule has 142 valence electrons. The third kappa shape index (κ3) is 4.57. The van der Waals surface area contributed by atoms with Crippen molar-refractivity contribution in [2.24, 2.45) is 0 Å². The quantitative estimate of drug-likeness (QED) is 0.616. The van der Waals surface area contributed by atoms with Crippen LogP contribution in [0.1, 0.15) is 26.2 Å². The Morgan fingerprint density at radius 1 is 1.31 bits per heavy atom. The zero-order valence-corrected chi connectivity index (χ0v) is 18.4. The molecule has 0 saturated carbocycles. The number of halogens is 1. The van der Waals surface area contributed by atoms with Gasteiger partial charge in [0, 0.05) is 12.6 Å². The number of hydrogen-bond donors (Lipinski definition) is 1. The average molecular weight is 430 g/mol. The molecule has 2 unspecified atom stereocenters. The molecule has 4 nitrogen and oxygen atoms in total. The number of para-hydroxylation sites is 1. The third-order valence-corrected chi connectivity index (χ3v) is 8.36. The molecule has 1 aromatic heterocycles. The maximum Gasteiger partial charge on any atom is 0.137 e. The Labute approximate surface area is 171 Å². The van der Waals surface area contributed by atoms with Gasteiger partial charge in [-0.2, -0.15) is 0 Å². The van der Waals surface area contributed by atoms with Crippen LogP contribution in [-0.2, 0) is 11.0 Å². The van der Waals surface area contributed by atoms with Crippen LogP contribution in [0.2, 0.25) is 5.02 Å². The molecule has 0 spiro atoms. The number of nitrogens with one attached hydrogen (secondary N) is 1. The Balaban J connectivity index is 1.76. The molecule has 1 aromatic carbocycles. The van der Waals surface area contributed by atoms with Crippen LogP contribution in [0.15, 0.2) is 38.8 Å². The van der Waals surface area contributed by atoms with Crippen molar-refractivity contribution in [2.75, 3.05) is 30.3 Å². The molecule has 0 radical (unpaired) electrons. The lowest BCUT2D eigenvalue weighted by molar-refractivity contribution is 0.485. The number of hydrogen-bond acceptors (Lipinski definition) is 5. The SMILES string of the molecule is CC1CCCCN1c1c(Cl)cccc1NSc1ccc(S(=O)N(C)C)s1. The van der Waals surface area contributed by atoms with E-state index >= 15 is 0 Å². The van der Waals surface area contributed by atoms with Gasteiger partial charge in [0.25, 0.3) is 0 Å². The highest BCUT2D eigenvalue weighted by molar-refractivity contribution is 8.02. The van der Waals surface area contributed by atoms with Crippen molar-refractivity contribution in [3.8, 4) is 0 Å². The normalized spacial score (nSPS) is 19.0. The summed E-state index contributed by atoms with van der Waals surface area (Å²) in [5.74, 6) is 0. The van der Waals surface area contributed by atoms with E-state index in [1.165, 1.54) is 19.3 Å². The van der Waals surface area contributed by atoms with Crippen LogP contribution in [0.5, 0.6) is 0 Å². The Morgan fingerprint density at radius 2 is 2.12 bits per heavy atom. The molecular formula is C18H24ClN3OS3. The molecule has 0 amide bonds. The van der Waals surface area contributed by atoms with E-state index in [-0.39, 0.29) is 0 Å². The minimum Gasteiger partial charge on any atom is -0.366 e. The van der Waals surface area contributed by atoms with Crippen LogP contribution >= 0.6 is 34.9 Å². The molecular weight excluding hydrogens is 406 g/mol. The summed E-state index contributed by atoms with van der Waals surface area (Å²) in [6, 6.07) is 10.4. The fraction of sp³-hybridized carbons (Fsp3) is 0.444. The van der Waals surface area contributed by atoms with Gasteiger partial charge in [-0.3, -0.25) is 0 Å². The highest BCUT2D eigenvalue weighted by Crippen LogP contribution is 2.40. The largest absolute Gasteiger partial charge is 0.366 e. The summed E-state index contributed by atoms with van der Waals surface area (Å²) in [4.78, 5) is 2.41. The van der Waals surface area contributed by atoms with Gasteiger partial charge in [0.1, 0.15) is 15.2 Å². The van der Waals surface area contributed by atoms with Gasteiger partial charge < -0.3 is 9.62 Å². The molecule has 26 heavy (non-hydrogen) atoms. The van der Waals surface area contributed by atoms with Gasteiger partial charge >= 0.3 is 0 Å². The van der Waals surface area contributed by atoms with Crippen LogP contribution in [0, 0.1) is 0 Å². The van der Waals surface area contributed by atoms with Gasteiger partial charge in [-0.05, 0) is 76.5 Å². The predicted octanol–water partition coefficient (Wildman–Crippen LogP) is 5.48. The number of nitrogens with zero attached hydrogens (tertiary/aromatic N) is 2. The first-order chi connectivity index (χ1) is 12.5. The first kappa shape index (κ1) is 20.0. The molecule has 1 N–H and O–H groups in total. The van der Waals surface area contributed by atoms with Gasteiger partial charge in [-0.1, -0.05) is 17.7 Å². The summed E-state index contributed by atoms with van der Waals surface area (Å²) < 4.78 is 19.3. The van der Waals surface area contributed by atoms with Crippen LogP contribution in [0.25, 0.3) is 0 Å². The number of benzene rings is 1. The lowest BCUT2D eigenvalue weighted by Crippen LogP contribution is -2.37. The van der Waals surface area contributed by atoms with E-state index in [1.807, 2.05) is 38.4 Å². The van der Waals surface area contributed by atoms with Crippen LogP contribution in [0.3, 0.4) is 0 Å². The number of anilines is 2. The summed E-state index contributed by atoms with van der Waals surface area (Å²) in [6.45, 7) is 3.30. The summed E-state index contributed by atoms with van der Waals surface area (Å²) in [7, 11) is 2.54. The average Bonchev–Trinajstić information content (AvgIpc) is 3.09. The smallest absolute Gasteiger partial charge is 0.137 e. The van der Waals surface area contributed by atoms with Crippen molar-refractivity contribution in [1.82, 2.24) is 4.31 Å². The molecule has 0 aliphatic carbocycles. The first-order valence-electron chi connectivity index (χ1n) is 8.64. The minimum absolute atomic E-state index is 0.491. The highest BCUT2D eigenvalue weighted by atomic mass is 35.5. The summed E-state index contributed by atoms with van der Waals surface area (Å²) in [5.41, 5.74) is 2.11. The fourth-order valence-electron chi connectivity index (χ4n) is 3.06. The standard InChI is InChI=1S/C18H24ClN3OS3/c1-13-7-4-5-12-22(13)18-14(19)8-6-9-15(18)20-25-16-10-11-17(24-16)26(23)21(2)3/h6,8-11,13,20H,4-5,7,12H2,1-3H3. The van der Waals surface area contributed by atoms with E-state index in [2.05, 4.69) is 22.6 Å². The van der Waals surface area contributed by atoms with E-state index < -0.39 is 11.0 Å². The van der Waals surface area contributed by atoms with Crippen molar-refractivity contribution >= 4 is 57.2 Å². The van der Waals surface area contributed by atoms with Crippen molar-refractivity contribution < 1.29 is 4.21 Å². The third-order valence-electron chi connectivity index (χ3n) is 4.40. The number of piperidine rings is 1. The van der Waals surface area contributed by atoms with Crippen molar-refractivity contribution in [1.29, 1.82) is 0 Å². The molecule has 1 fully saturated rings. The van der Waals surface area contributed by atoms with Crippen LogP contribution in [-0.4, -0.2) is 35.2 Å². The molecule has 8 heteroatoms. The van der Waals surface area contributed by atoms with E-state index in [1.54, 1.807) is 27.6 Å². The monoisotopic (exact) mass is 429 g/mol. The second kappa shape index (κ2) is 8.97. The van der Waals surface area contributed by atoms with E-state index in [0.717, 1.165) is 31.4 Å². The van der Waals surface area contributed by atoms with E-state index in [9.17, 15) is 4.21 Å². The lowest BCUT2D eigenvalue weighted by Gasteiger charge is -2.37. The second-order valence-electron chi connectivity index (χ2n) is 6.51. The van der Waals surface area contributed by atoms with Crippen molar-refractivity contribution in [3.63, 3.8) is 0 Å². The predicted molar refractivity (Wildman–Crippen MR) is 116 cm³/mol. The maximum atomic E-state index is 12.2. The summed E-state index contributed by atoms with van der Waals surface area (Å²) in [6.07, 6.45) is 3.68. The molecule has 1 saturated heterocycles. The summed E-state index contributed by atoms with van der Waals surface area (Å²) in [5, 5.41) is 0.782. The van der Waals surface area contributed by atoms with Crippen LogP contribution in [0.4, 0.5) is 11.4 Å². The Morgan fingerprint density at radius 3 is 2.85 bits per heavy atom. The number of thiophene rings is 1. The Hall–Kier alpha value is -0.730. The van der Waals surface area contributed by atoms with Gasteiger partial charge in [0.15, 0.2) is 0 Å². The minimum atomic E-state index is -1.10. The van der Waals surface area contributed by atoms with Gasteiger partial charge in [-0.25, -0.2) is 8.51 Å². The lowest BCUT2D eigenvalue weighted by atomic mass is 10.0. The van der Waals surface area contributed by atoms with Crippen molar-refractivity contribution in [3.05, 3.63) is 35.4 Å². The maximum absolute atomic E-state index is 12.2. The van der Waals surface area contributed by atoms with Gasteiger partial charge in [0.2, 0.25) is 0 Å². The molecule has 3 rings (SSSR count). The zero-order chi connectivity index (χ0) is 18.7. The molecule has 2 heterocycles. The zero-order valence-electron chi connectivity index (χ0n) is 15.2. The van der Waals surface area contributed by atoms with Gasteiger partial charge in [-0.15, -0.1) is 11.3 Å². The van der Waals surface area contributed by atoms with E-state index in [0.29, 0.717) is 6.04 Å². The highest BCUT2D eigenvalue weighted by Gasteiger charge is 2.23. The molecule has 2 atom stereocenters. The molecule has 1 aliphatic heterocycles. The molecule has 0 bridgehead atoms. The van der Waals surface area contributed by atoms with Crippen molar-refractivity contribution in [2.45, 2.75) is 40.6 Å². The topological polar surface area (TPSA) is 35.6 Å². The van der Waals surface area contributed by atoms with Gasteiger partial charge in [0.05, 0.1) is 20.6 Å². The number of rotatable bonds is 6. The van der Waals surface area contributed by atoms with Crippen LogP contribution < -0.4 is 9.62 Å². The first-order valence-corrected chi connectivity index (χ1v) is 11.8. The summed E-state index contributed by atoms with van der Waals surface area (Å²) >= 11 is 9.64. The Bertz CT molecular complexity index is 781. The Kier molecular flexibility index (Phi) is 6.91. The van der Waals surface area contributed by atoms with E-state index in [4.69, 9.17) is 11.6 Å². The molecule has 1 aliphatic rings. The fourth-order valence-corrected chi connectivity index (χ4v) is 6.59. The second-order valence-corrected chi connectivity index (χ2v) is 11.0.